The fourth-order valence-corrected chi connectivity index (χ4v) is 7.88. The molecule has 0 radical (unpaired) electrons. The first kappa shape index (κ1) is 31.7. The molecule has 0 bridgehead atoms. The highest BCUT2D eigenvalue weighted by Crippen LogP contribution is 2.44. The zero-order valence-corrected chi connectivity index (χ0v) is 28.4. The van der Waals surface area contributed by atoms with Gasteiger partial charge in [-0.3, -0.25) is 10.6 Å². The molecule has 0 saturated heterocycles. The van der Waals surface area contributed by atoms with Crippen LogP contribution in [0.5, 0.6) is 0 Å². The highest BCUT2D eigenvalue weighted by Gasteiger charge is 2.17. The smallest absolute Gasteiger partial charge is 0.0852 e. The Morgan fingerprint density at radius 2 is 1.20 bits per heavy atom. The van der Waals surface area contributed by atoms with E-state index in [1.165, 1.54) is 36.9 Å². The topological polar surface area (TPSA) is 62.1 Å². The molecule has 0 fully saturated rings. The SMILES string of the molecule is NC(NC(NCc1ccccc1)c1ccccc1)c1cccc(-c2ccc(Nc3ccc4c(sc5ccccc54)c3-c3ccccc3)cc2)c1. The molecule has 1 aromatic heterocycles. The lowest BCUT2D eigenvalue weighted by Crippen LogP contribution is -2.39. The standard InChI is InChI=1S/C45H38N4S/c46-44(49-45(34-17-8-3-9-18-34)47-30-31-13-4-1-5-14-31)36-20-12-19-35(29-36)32-23-25-37(26-24-32)48-40-28-27-39-38-21-10-11-22-41(38)50-43(39)42(40)33-15-6-2-7-16-33/h1-29,44-45,47-49H,30,46H2. The van der Waals surface area contributed by atoms with E-state index in [0.717, 1.165) is 40.2 Å². The van der Waals surface area contributed by atoms with Crippen molar-refractivity contribution in [3.05, 3.63) is 193 Å². The van der Waals surface area contributed by atoms with E-state index in [9.17, 15) is 0 Å². The average Bonchev–Trinajstić information content (AvgIpc) is 3.56. The maximum Gasteiger partial charge on any atom is 0.0852 e. The van der Waals surface area contributed by atoms with Gasteiger partial charge in [0.25, 0.3) is 0 Å². The quantitative estimate of drug-likeness (QED) is 0.104. The molecule has 50 heavy (non-hydrogen) atoms. The van der Waals surface area contributed by atoms with Crippen LogP contribution in [0.1, 0.15) is 29.0 Å². The van der Waals surface area contributed by atoms with Crippen molar-refractivity contribution >= 4 is 42.9 Å². The van der Waals surface area contributed by atoms with Crippen LogP contribution in [0.25, 0.3) is 42.4 Å². The van der Waals surface area contributed by atoms with Gasteiger partial charge in [0, 0.05) is 43.7 Å². The number of benzene rings is 7. The lowest BCUT2D eigenvalue weighted by atomic mass is 9.99. The molecule has 0 aliphatic rings. The van der Waals surface area contributed by atoms with Gasteiger partial charge >= 0.3 is 0 Å². The summed E-state index contributed by atoms with van der Waals surface area (Å²) >= 11 is 1.86. The maximum atomic E-state index is 6.83. The van der Waals surface area contributed by atoms with Crippen molar-refractivity contribution in [3.63, 3.8) is 0 Å². The second-order valence-electron chi connectivity index (χ2n) is 12.5. The van der Waals surface area contributed by atoms with Gasteiger partial charge in [0.05, 0.1) is 12.3 Å². The molecule has 5 heteroatoms. The number of rotatable bonds is 11. The van der Waals surface area contributed by atoms with Crippen molar-refractivity contribution in [2.45, 2.75) is 18.9 Å². The van der Waals surface area contributed by atoms with Gasteiger partial charge in [0.15, 0.2) is 0 Å². The van der Waals surface area contributed by atoms with Crippen molar-refractivity contribution in [1.29, 1.82) is 0 Å². The Hall–Kier alpha value is -5.56. The summed E-state index contributed by atoms with van der Waals surface area (Å²) in [6.07, 6.45) is -0.488. The van der Waals surface area contributed by atoms with Crippen molar-refractivity contribution in [2.24, 2.45) is 5.73 Å². The Morgan fingerprint density at radius 1 is 0.540 bits per heavy atom. The summed E-state index contributed by atoms with van der Waals surface area (Å²) < 4.78 is 2.60. The zero-order valence-electron chi connectivity index (χ0n) is 27.6. The van der Waals surface area contributed by atoms with E-state index in [1.807, 2.05) is 23.5 Å². The molecule has 8 rings (SSSR count). The minimum Gasteiger partial charge on any atom is -0.355 e. The molecular weight excluding hydrogens is 629 g/mol. The first-order valence-electron chi connectivity index (χ1n) is 17.0. The van der Waals surface area contributed by atoms with Gasteiger partial charge in [-0.05, 0) is 63.7 Å². The normalized spacial score (nSPS) is 12.6. The van der Waals surface area contributed by atoms with E-state index in [1.54, 1.807) is 0 Å². The van der Waals surface area contributed by atoms with E-state index in [0.29, 0.717) is 0 Å². The Labute approximate surface area is 297 Å². The molecule has 0 saturated carbocycles. The predicted molar refractivity (Wildman–Crippen MR) is 212 cm³/mol. The van der Waals surface area contributed by atoms with Crippen LogP contribution in [0, 0.1) is 0 Å². The Morgan fingerprint density at radius 3 is 1.98 bits per heavy atom. The third kappa shape index (κ3) is 6.81. The Bertz CT molecular complexity index is 2340. The lowest BCUT2D eigenvalue weighted by Gasteiger charge is -2.25. The molecule has 4 nitrogen and oxygen atoms in total. The van der Waals surface area contributed by atoms with Crippen LogP contribution in [-0.4, -0.2) is 0 Å². The molecule has 2 unspecified atom stereocenters. The summed E-state index contributed by atoms with van der Waals surface area (Å²) in [5.41, 5.74) is 17.0. The number of nitrogens with one attached hydrogen (secondary N) is 3. The fourth-order valence-electron chi connectivity index (χ4n) is 6.61. The number of nitrogens with two attached hydrogens (primary N) is 1. The largest absolute Gasteiger partial charge is 0.355 e. The van der Waals surface area contributed by atoms with Gasteiger partial charge < -0.3 is 11.1 Å². The summed E-state index contributed by atoms with van der Waals surface area (Å²) in [7, 11) is 0. The minimum absolute atomic E-state index is 0.118. The van der Waals surface area contributed by atoms with E-state index in [-0.39, 0.29) is 12.3 Å². The van der Waals surface area contributed by atoms with Crippen molar-refractivity contribution in [1.82, 2.24) is 10.6 Å². The van der Waals surface area contributed by atoms with E-state index in [4.69, 9.17) is 5.73 Å². The molecule has 2 atom stereocenters. The van der Waals surface area contributed by atoms with Gasteiger partial charge in [0.2, 0.25) is 0 Å². The second kappa shape index (κ2) is 14.5. The zero-order chi connectivity index (χ0) is 33.7. The molecule has 244 valence electrons. The third-order valence-electron chi connectivity index (χ3n) is 9.18. The number of anilines is 2. The highest BCUT2D eigenvalue weighted by atomic mass is 32.1. The molecule has 1 heterocycles. The summed E-state index contributed by atoms with van der Waals surface area (Å²) in [6, 6.07) is 61.8. The van der Waals surface area contributed by atoms with Crippen LogP contribution < -0.4 is 21.7 Å². The summed E-state index contributed by atoms with van der Waals surface area (Å²) in [6.45, 7) is 0.728. The van der Waals surface area contributed by atoms with E-state index in [2.05, 4.69) is 180 Å². The summed E-state index contributed by atoms with van der Waals surface area (Å²) in [5, 5.41) is 13.6. The number of hydrogen-bond acceptors (Lipinski definition) is 5. The lowest BCUT2D eigenvalue weighted by molar-refractivity contribution is 0.386. The first-order valence-corrected chi connectivity index (χ1v) is 17.8. The summed E-state index contributed by atoms with van der Waals surface area (Å²) in [5.74, 6) is 0. The summed E-state index contributed by atoms with van der Waals surface area (Å²) in [4.78, 5) is 0. The van der Waals surface area contributed by atoms with Gasteiger partial charge in [-0.25, -0.2) is 0 Å². The number of fused-ring (bicyclic) bond motifs is 3. The van der Waals surface area contributed by atoms with Gasteiger partial charge in [-0.15, -0.1) is 11.3 Å². The van der Waals surface area contributed by atoms with E-state index < -0.39 is 0 Å². The number of hydrogen-bond donors (Lipinski definition) is 4. The van der Waals surface area contributed by atoms with Crippen LogP contribution in [-0.2, 0) is 6.54 Å². The van der Waals surface area contributed by atoms with Crippen molar-refractivity contribution in [3.8, 4) is 22.3 Å². The van der Waals surface area contributed by atoms with Crippen LogP contribution in [0.4, 0.5) is 11.4 Å². The van der Waals surface area contributed by atoms with E-state index >= 15 is 0 Å². The molecule has 0 aliphatic heterocycles. The first-order chi connectivity index (χ1) is 24.7. The average molecular weight is 667 g/mol. The molecule has 8 aromatic rings. The molecule has 0 aliphatic carbocycles. The van der Waals surface area contributed by atoms with Crippen LogP contribution in [0.2, 0.25) is 0 Å². The molecule has 0 spiro atoms. The Kier molecular flexibility index (Phi) is 9.20. The Balaban J connectivity index is 1.03. The van der Waals surface area contributed by atoms with Crippen molar-refractivity contribution in [2.75, 3.05) is 5.32 Å². The maximum absolute atomic E-state index is 6.83. The predicted octanol–water partition coefficient (Wildman–Crippen LogP) is 11.2. The monoisotopic (exact) mass is 666 g/mol. The van der Waals surface area contributed by atoms with Crippen molar-refractivity contribution < 1.29 is 0 Å². The van der Waals surface area contributed by atoms with Gasteiger partial charge in [-0.2, -0.15) is 0 Å². The number of thiophene rings is 1. The highest BCUT2D eigenvalue weighted by molar-refractivity contribution is 7.26. The van der Waals surface area contributed by atoms with Crippen LogP contribution in [0.15, 0.2) is 176 Å². The van der Waals surface area contributed by atoms with Crippen LogP contribution in [0.3, 0.4) is 0 Å². The third-order valence-corrected chi connectivity index (χ3v) is 10.4. The molecule has 7 aromatic carbocycles. The van der Waals surface area contributed by atoms with Gasteiger partial charge in [-0.1, -0.05) is 146 Å². The molecular formula is C45H38N4S. The van der Waals surface area contributed by atoms with Gasteiger partial charge in [0.1, 0.15) is 0 Å². The second-order valence-corrected chi connectivity index (χ2v) is 13.6. The molecule has 5 N–H and O–H groups in total. The fraction of sp³-hybridized carbons (Fsp3) is 0.0667. The minimum atomic E-state index is -0.371. The van der Waals surface area contributed by atoms with Crippen LogP contribution >= 0.6 is 11.3 Å². The molecule has 0 amide bonds.